The molecule has 1 aliphatic heterocycles. The fourth-order valence-electron chi connectivity index (χ4n) is 3.77. The second-order valence-corrected chi connectivity index (χ2v) is 7.27. The Morgan fingerprint density at radius 1 is 1.17 bits per heavy atom. The topological polar surface area (TPSA) is 89.5 Å². The molecule has 0 saturated carbocycles. The minimum atomic E-state index is -0.0828. The molecule has 0 radical (unpaired) electrons. The van der Waals surface area contributed by atoms with Gasteiger partial charge in [-0.3, -0.25) is 9.78 Å². The van der Waals surface area contributed by atoms with E-state index in [9.17, 15) is 4.79 Å². The van der Waals surface area contributed by atoms with Crippen molar-refractivity contribution in [3.05, 3.63) is 48.4 Å². The van der Waals surface area contributed by atoms with Crippen LogP contribution in [0.15, 0.2) is 42.9 Å². The number of carbonyl (C=O) groups excluding carboxylic acids is 1. The van der Waals surface area contributed by atoms with Gasteiger partial charge in [-0.05, 0) is 31.0 Å². The van der Waals surface area contributed by atoms with Crippen LogP contribution in [0.2, 0.25) is 0 Å². The molecule has 1 N–H and O–H groups in total. The molecule has 3 heterocycles. The number of nitrogens with zero attached hydrogens (tertiary/aromatic N) is 4. The van der Waals surface area contributed by atoms with Gasteiger partial charge in [-0.2, -0.15) is 0 Å². The van der Waals surface area contributed by atoms with Crippen molar-refractivity contribution in [1.82, 2.24) is 20.3 Å². The molecule has 8 heteroatoms. The SMILES string of the molecule is COc1ccc(CNC(=O)[C@@H]2CCCN(c3cnc4nccnc4c3)C2)c(OC)c1. The van der Waals surface area contributed by atoms with E-state index < -0.39 is 0 Å². The third-order valence-electron chi connectivity index (χ3n) is 5.41. The van der Waals surface area contributed by atoms with E-state index in [0.29, 0.717) is 24.5 Å². The Balaban J connectivity index is 1.41. The fraction of sp³-hybridized carbons (Fsp3) is 0.364. The number of nitrogens with one attached hydrogen (secondary N) is 1. The number of hydrogen-bond acceptors (Lipinski definition) is 7. The highest BCUT2D eigenvalue weighted by atomic mass is 16.5. The molecule has 0 unspecified atom stereocenters. The second-order valence-electron chi connectivity index (χ2n) is 7.27. The zero-order chi connectivity index (χ0) is 20.9. The van der Waals surface area contributed by atoms with Crippen LogP contribution in [0.1, 0.15) is 18.4 Å². The zero-order valence-electron chi connectivity index (χ0n) is 17.2. The summed E-state index contributed by atoms with van der Waals surface area (Å²) in [6, 6.07) is 7.58. The predicted octanol–water partition coefficient (Wildman–Crippen LogP) is 2.57. The molecule has 156 valence electrons. The quantitative estimate of drug-likeness (QED) is 0.672. The van der Waals surface area contributed by atoms with Crippen molar-refractivity contribution in [3.8, 4) is 11.5 Å². The summed E-state index contributed by atoms with van der Waals surface area (Å²) in [5.41, 5.74) is 3.27. The van der Waals surface area contributed by atoms with Gasteiger partial charge in [0.1, 0.15) is 17.0 Å². The molecule has 8 nitrogen and oxygen atoms in total. The number of benzene rings is 1. The lowest BCUT2D eigenvalue weighted by Crippen LogP contribution is -2.43. The van der Waals surface area contributed by atoms with Crippen LogP contribution >= 0.6 is 0 Å². The number of carbonyl (C=O) groups is 1. The lowest BCUT2D eigenvalue weighted by molar-refractivity contribution is -0.125. The van der Waals surface area contributed by atoms with Crippen LogP contribution in [-0.4, -0.2) is 48.2 Å². The van der Waals surface area contributed by atoms with Crippen molar-refractivity contribution in [3.63, 3.8) is 0 Å². The van der Waals surface area contributed by atoms with E-state index in [1.165, 1.54) is 0 Å². The maximum absolute atomic E-state index is 12.8. The van der Waals surface area contributed by atoms with Gasteiger partial charge < -0.3 is 19.7 Å². The Morgan fingerprint density at radius 2 is 2.03 bits per heavy atom. The first-order chi connectivity index (χ1) is 14.7. The highest BCUT2D eigenvalue weighted by Crippen LogP contribution is 2.26. The average Bonchev–Trinajstić information content (AvgIpc) is 2.82. The van der Waals surface area contributed by atoms with E-state index in [0.717, 1.165) is 41.9 Å². The molecule has 1 aliphatic rings. The third-order valence-corrected chi connectivity index (χ3v) is 5.41. The number of hydrogen-bond donors (Lipinski definition) is 1. The molecule has 2 aromatic heterocycles. The second kappa shape index (κ2) is 8.94. The first-order valence-corrected chi connectivity index (χ1v) is 9.98. The normalized spacial score (nSPS) is 16.3. The Labute approximate surface area is 175 Å². The van der Waals surface area contributed by atoms with E-state index in [1.54, 1.807) is 32.8 Å². The van der Waals surface area contributed by atoms with Crippen LogP contribution < -0.4 is 19.7 Å². The van der Waals surface area contributed by atoms with Crippen molar-refractivity contribution >= 4 is 22.8 Å². The molecule has 3 aromatic rings. The minimum absolute atomic E-state index is 0.0473. The summed E-state index contributed by atoms with van der Waals surface area (Å²) in [6.07, 6.45) is 6.91. The predicted molar refractivity (Wildman–Crippen MR) is 114 cm³/mol. The summed E-state index contributed by atoms with van der Waals surface area (Å²) in [4.78, 5) is 28.0. The van der Waals surface area contributed by atoms with Gasteiger partial charge >= 0.3 is 0 Å². The van der Waals surface area contributed by atoms with Gasteiger partial charge in [0.2, 0.25) is 5.91 Å². The number of piperidine rings is 1. The standard InChI is InChI=1S/C22H25N5O3/c1-29-18-6-5-15(20(11-18)30-2)12-26-22(28)16-4-3-9-27(14-16)17-10-19-21(25-13-17)24-8-7-23-19/h5-8,10-11,13,16H,3-4,9,12,14H2,1-2H3,(H,26,28)/t16-/m1/s1. The van der Waals surface area contributed by atoms with Crippen molar-refractivity contribution in [2.75, 3.05) is 32.2 Å². The monoisotopic (exact) mass is 407 g/mol. The molecule has 1 saturated heterocycles. The highest BCUT2D eigenvalue weighted by Gasteiger charge is 2.26. The Kier molecular flexibility index (Phi) is 5.92. The minimum Gasteiger partial charge on any atom is -0.497 e. The number of pyridine rings is 1. The number of aromatic nitrogens is 3. The lowest BCUT2D eigenvalue weighted by atomic mass is 9.96. The van der Waals surface area contributed by atoms with E-state index in [-0.39, 0.29) is 11.8 Å². The Morgan fingerprint density at radius 3 is 2.87 bits per heavy atom. The Bertz CT molecular complexity index is 1040. The molecule has 4 rings (SSSR count). The van der Waals surface area contributed by atoms with Crippen molar-refractivity contribution in [2.24, 2.45) is 5.92 Å². The highest BCUT2D eigenvalue weighted by molar-refractivity contribution is 5.80. The summed E-state index contributed by atoms with van der Waals surface area (Å²) < 4.78 is 10.6. The van der Waals surface area contributed by atoms with Crippen molar-refractivity contribution in [2.45, 2.75) is 19.4 Å². The maximum atomic E-state index is 12.8. The molecular formula is C22H25N5O3. The molecule has 1 amide bonds. The van der Waals surface area contributed by atoms with Gasteiger partial charge in [0.15, 0.2) is 5.65 Å². The number of amides is 1. The number of fused-ring (bicyclic) bond motifs is 1. The molecule has 1 atom stereocenters. The van der Waals surface area contributed by atoms with Crippen molar-refractivity contribution in [1.29, 1.82) is 0 Å². The molecule has 1 aromatic carbocycles. The number of anilines is 1. The van der Waals surface area contributed by atoms with Crippen LogP contribution in [0, 0.1) is 5.92 Å². The first-order valence-electron chi connectivity index (χ1n) is 9.98. The summed E-state index contributed by atoms with van der Waals surface area (Å²) in [5.74, 6) is 1.38. The van der Waals surface area contributed by atoms with Gasteiger partial charge in [0.25, 0.3) is 0 Å². The molecular weight excluding hydrogens is 382 g/mol. The van der Waals surface area contributed by atoms with Gasteiger partial charge in [0, 0.05) is 43.7 Å². The van der Waals surface area contributed by atoms with Crippen LogP contribution in [0.3, 0.4) is 0 Å². The molecule has 0 bridgehead atoms. The molecule has 0 spiro atoms. The van der Waals surface area contributed by atoms with Crippen LogP contribution in [0.4, 0.5) is 5.69 Å². The van der Waals surface area contributed by atoms with E-state index in [2.05, 4.69) is 25.2 Å². The number of rotatable bonds is 6. The van der Waals surface area contributed by atoms with Gasteiger partial charge in [0.05, 0.1) is 32.0 Å². The maximum Gasteiger partial charge on any atom is 0.225 e. The lowest BCUT2D eigenvalue weighted by Gasteiger charge is -2.33. The van der Waals surface area contributed by atoms with Crippen molar-refractivity contribution < 1.29 is 14.3 Å². The molecule has 30 heavy (non-hydrogen) atoms. The average molecular weight is 407 g/mol. The Hall–Kier alpha value is -3.42. The largest absolute Gasteiger partial charge is 0.497 e. The van der Waals surface area contributed by atoms with Gasteiger partial charge in [-0.15, -0.1) is 0 Å². The van der Waals surface area contributed by atoms with E-state index >= 15 is 0 Å². The molecule has 1 fully saturated rings. The first kappa shape index (κ1) is 19.9. The third kappa shape index (κ3) is 4.27. The van der Waals surface area contributed by atoms with E-state index in [4.69, 9.17) is 9.47 Å². The summed E-state index contributed by atoms with van der Waals surface area (Å²) >= 11 is 0. The summed E-state index contributed by atoms with van der Waals surface area (Å²) in [7, 11) is 3.23. The molecule has 0 aliphatic carbocycles. The smallest absolute Gasteiger partial charge is 0.225 e. The van der Waals surface area contributed by atoms with Gasteiger partial charge in [-0.1, -0.05) is 0 Å². The summed E-state index contributed by atoms with van der Waals surface area (Å²) in [5, 5.41) is 3.06. The van der Waals surface area contributed by atoms with Crippen LogP contribution in [0.5, 0.6) is 11.5 Å². The van der Waals surface area contributed by atoms with E-state index in [1.807, 2.05) is 24.3 Å². The zero-order valence-corrected chi connectivity index (χ0v) is 17.2. The number of methoxy groups -OCH3 is 2. The summed E-state index contributed by atoms with van der Waals surface area (Å²) in [6.45, 7) is 1.96. The van der Waals surface area contributed by atoms with Gasteiger partial charge in [-0.25, -0.2) is 9.97 Å². The number of ether oxygens (including phenoxy) is 2. The van der Waals surface area contributed by atoms with Crippen LogP contribution in [0.25, 0.3) is 11.2 Å². The fourth-order valence-corrected chi connectivity index (χ4v) is 3.77. The van der Waals surface area contributed by atoms with Crippen LogP contribution in [-0.2, 0) is 11.3 Å².